The number of aromatic nitrogens is 2. The Bertz CT molecular complexity index is 337. The van der Waals surface area contributed by atoms with Crippen LogP contribution in [0.25, 0.3) is 0 Å². The van der Waals surface area contributed by atoms with Gasteiger partial charge in [0.25, 0.3) is 0 Å². The Morgan fingerprint density at radius 1 is 1.47 bits per heavy atom. The van der Waals surface area contributed by atoms with Crippen molar-refractivity contribution in [1.82, 2.24) is 9.97 Å². The van der Waals surface area contributed by atoms with Crippen molar-refractivity contribution in [2.24, 2.45) is 11.8 Å². The van der Waals surface area contributed by atoms with Gasteiger partial charge in [0, 0.05) is 12.1 Å². The highest BCUT2D eigenvalue weighted by atomic mass is 16.1. The minimum absolute atomic E-state index is 0.184. The van der Waals surface area contributed by atoms with Gasteiger partial charge in [-0.25, -0.2) is 9.97 Å². The molecular weight excluding hydrogens is 188 g/mol. The van der Waals surface area contributed by atoms with Crippen LogP contribution in [0.15, 0.2) is 18.6 Å². The number of nitrogens with zero attached hydrogens (tertiary/aromatic N) is 2. The molecule has 0 amide bonds. The summed E-state index contributed by atoms with van der Waals surface area (Å²) < 4.78 is 0. The average molecular weight is 204 g/mol. The molecule has 0 bridgehead atoms. The highest BCUT2D eigenvalue weighted by Crippen LogP contribution is 2.30. The molecule has 1 aromatic heterocycles. The number of rotatable bonds is 2. The van der Waals surface area contributed by atoms with Crippen molar-refractivity contribution in [3.8, 4) is 0 Å². The Labute approximate surface area is 89.9 Å². The molecule has 2 rings (SSSR count). The van der Waals surface area contributed by atoms with Crippen LogP contribution >= 0.6 is 0 Å². The fourth-order valence-electron chi connectivity index (χ4n) is 2.32. The largest absolute Gasteiger partial charge is 0.292 e. The van der Waals surface area contributed by atoms with E-state index in [1.54, 1.807) is 12.3 Å². The lowest BCUT2D eigenvalue weighted by Crippen LogP contribution is -2.22. The highest BCUT2D eigenvalue weighted by molar-refractivity contribution is 5.95. The summed E-state index contributed by atoms with van der Waals surface area (Å²) in [6.07, 6.45) is 7.54. The van der Waals surface area contributed by atoms with Gasteiger partial charge >= 0.3 is 0 Å². The van der Waals surface area contributed by atoms with Crippen LogP contribution in [0.5, 0.6) is 0 Å². The first-order valence-electron chi connectivity index (χ1n) is 5.57. The first-order chi connectivity index (χ1) is 7.27. The van der Waals surface area contributed by atoms with E-state index in [2.05, 4.69) is 16.9 Å². The van der Waals surface area contributed by atoms with Gasteiger partial charge in [-0.15, -0.1) is 0 Å². The topological polar surface area (TPSA) is 42.9 Å². The molecular formula is C12H16N2O. The molecule has 1 saturated carbocycles. The first-order valence-corrected chi connectivity index (χ1v) is 5.57. The van der Waals surface area contributed by atoms with Crippen molar-refractivity contribution in [2.75, 3.05) is 0 Å². The van der Waals surface area contributed by atoms with Crippen LogP contribution in [0.3, 0.4) is 0 Å². The van der Waals surface area contributed by atoms with Crippen LogP contribution < -0.4 is 0 Å². The lowest BCUT2D eigenvalue weighted by molar-refractivity contribution is 0.0863. The van der Waals surface area contributed by atoms with E-state index in [4.69, 9.17) is 0 Å². The van der Waals surface area contributed by atoms with E-state index in [9.17, 15) is 4.79 Å². The number of hydrogen-bond donors (Lipinski definition) is 0. The second-order valence-electron chi connectivity index (χ2n) is 4.43. The van der Waals surface area contributed by atoms with Gasteiger partial charge < -0.3 is 0 Å². The SMILES string of the molecule is CC1CCCC(C(=O)c2ccncn2)C1. The Morgan fingerprint density at radius 2 is 2.33 bits per heavy atom. The van der Waals surface area contributed by atoms with Gasteiger partial charge in [-0.2, -0.15) is 0 Å². The average Bonchev–Trinajstić information content (AvgIpc) is 2.29. The molecule has 0 saturated heterocycles. The molecule has 0 aromatic carbocycles. The predicted molar refractivity (Wildman–Crippen MR) is 57.5 cm³/mol. The first kappa shape index (κ1) is 10.3. The molecule has 3 nitrogen and oxygen atoms in total. The highest BCUT2D eigenvalue weighted by Gasteiger charge is 2.26. The molecule has 1 aromatic rings. The minimum Gasteiger partial charge on any atom is -0.292 e. The molecule has 1 heterocycles. The number of carbonyl (C=O) groups is 1. The molecule has 1 aliphatic rings. The summed E-state index contributed by atoms with van der Waals surface area (Å²) in [6, 6.07) is 1.71. The standard InChI is InChI=1S/C12H16N2O/c1-9-3-2-4-10(7-9)12(15)11-5-6-13-8-14-11/h5-6,8-10H,2-4,7H2,1H3. The maximum atomic E-state index is 12.1. The van der Waals surface area contributed by atoms with Gasteiger partial charge in [-0.1, -0.05) is 19.8 Å². The minimum atomic E-state index is 0.184. The van der Waals surface area contributed by atoms with Crippen LogP contribution in [-0.4, -0.2) is 15.8 Å². The summed E-state index contributed by atoms with van der Waals surface area (Å²) in [5.41, 5.74) is 0.573. The summed E-state index contributed by atoms with van der Waals surface area (Å²) in [6.45, 7) is 2.22. The van der Waals surface area contributed by atoms with Crippen molar-refractivity contribution in [1.29, 1.82) is 0 Å². The van der Waals surface area contributed by atoms with Crippen LogP contribution in [0.4, 0.5) is 0 Å². The van der Waals surface area contributed by atoms with Crippen LogP contribution in [0.1, 0.15) is 43.1 Å². The fraction of sp³-hybridized carbons (Fsp3) is 0.583. The molecule has 2 atom stereocenters. The molecule has 0 radical (unpaired) electrons. The number of carbonyl (C=O) groups excluding carboxylic acids is 1. The zero-order valence-electron chi connectivity index (χ0n) is 9.02. The molecule has 0 N–H and O–H groups in total. The molecule has 1 fully saturated rings. The second-order valence-corrected chi connectivity index (χ2v) is 4.43. The van der Waals surface area contributed by atoms with Crippen LogP contribution in [0.2, 0.25) is 0 Å². The van der Waals surface area contributed by atoms with Crippen molar-refractivity contribution >= 4 is 5.78 Å². The van der Waals surface area contributed by atoms with E-state index in [1.807, 2.05) is 0 Å². The summed E-state index contributed by atoms with van der Waals surface area (Å²) >= 11 is 0. The summed E-state index contributed by atoms with van der Waals surface area (Å²) in [4.78, 5) is 19.9. The van der Waals surface area contributed by atoms with E-state index >= 15 is 0 Å². The van der Waals surface area contributed by atoms with Gasteiger partial charge in [0.1, 0.15) is 12.0 Å². The Kier molecular flexibility index (Phi) is 3.09. The molecule has 0 spiro atoms. The van der Waals surface area contributed by atoms with Gasteiger partial charge in [-0.05, 0) is 24.8 Å². The number of Topliss-reactive ketones (excluding diaryl/α,β-unsaturated/α-hetero) is 1. The van der Waals surface area contributed by atoms with E-state index in [0.29, 0.717) is 11.6 Å². The van der Waals surface area contributed by atoms with Crippen LogP contribution in [-0.2, 0) is 0 Å². The second kappa shape index (κ2) is 4.51. The quantitative estimate of drug-likeness (QED) is 0.695. The third kappa shape index (κ3) is 2.41. The smallest absolute Gasteiger partial charge is 0.184 e. The van der Waals surface area contributed by atoms with Gasteiger partial charge in [0.05, 0.1) is 0 Å². The number of ketones is 1. The molecule has 15 heavy (non-hydrogen) atoms. The zero-order chi connectivity index (χ0) is 10.7. The zero-order valence-corrected chi connectivity index (χ0v) is 9.02. The van der Waals surface area contributed by atoms with Crippen molar-refractivity contribution in [3.05, 3.63) is 24.3 Å². The monoisotopic (exact) mass is 204 g/mol. The maximum Gasteiger partial charge on any atom is 0.184 e. The predicted octanol–water partition coefficient (Wildman–Crippen LogP) is 2.49. The molecule has 3 heteroatoms. The Balaban J connectivity index is 2.08. The fourth-order valence-corrected chi connectivity index (χ4v) is 2.32. The lowest BCUT2D eigenvalue weighted by atomic mass is 9.79. The van der Waals surface area contributed by atoms with Gasteiger partial charge in [0.15, 0.2) is 5.78 Å². The summed E-state index contributed by atoms with van der Waals surface area (Å²) in [5, 5.41) is 0. The normalized spacial score (nSPS) is 26.2. The Hall–Kier alpha value is -1.25. The van der Waals surface area contributed by atoms with Crippen molar-refractivity contribution < 1.29 is 4.79 Å². The molecule has 2 unspecified atom stereocenters. The number of hydrogen-bond acceptors (Lipinski definition) is 3. The summed E-state index contributed by atoms with van der Waals surface area (Å²) in [7, 11) is 0. The molecule has 80 valence electrons. The van der Waals surface area contributed by atoms with E-state index in [1.165, 1.54) is 19.2 Å². The van der Waals surface area contributed by atoms with E-state index in [-0.39, 0.29) is 11.7 Å². The maximum absolute atomic E-state index is 12.1. The van der Waals surface area contributed by atoms with Crippen molar-refractivity contribution in [2.45, 2.75) is 32.6 Å². The lowest BCUT2D eigenvalue weighted by Gasteiger charge is -2.25. The van der Waals surface area contributed by atoms with Gasteiger partial charge in [-0.3, -0.25) is 4.79 Å². The van der Waals surface area contributed by atoms with Crippen molar-refractivity contribution in [3.63, 3.8) is 0 Å². The third-order valence-corrected chi connectivity index (χ3v) is 3.14. The van der Waals surface area contributed by atoms with E-state index in [0.717, 1.165) is 12.8 Å². The molecule has 1 aliphatic carbocycles. The van der Waals surface area contributed by atoms with Crippen LogP contribution in [0, 0.1) is 11.8 Å². The van der Waals surface area contributed by atoms with Gasteiger partial charge in [0.2, 0.25) is 0 Å². The third-order valence-electron chi connectivity index (χ3n) is 3.14. The van der Waals surface area contributed by atoms with E-state index < -0.39 is 0 Å². The molecule has 0 aliphatic heterocycles. The summed E-state index contributed by atoms with van der Waals surface area (Å²) in [5.74, 6) is 1.06. The Morgan fingerprint density at radius 3 is 3.00 bits per heavy atom.